The molecular formula is C34H40FN5O9. The van der Waals surface area contributed by atoms with Crippen LogP contribution in [0.1, 0.15) is 53.8 Å². The molecule has 49 heavy (non-hydrogen) atoms. The predicted molar refractivity (Wildman–Crippen MR) is 177 cm³/mol. The van der Waals surface area contributed by atoms with Gasteiger partial charge in [0, 0.05) is 44.5 Å². The quantitative estimate of drug-likeness (QED) is 0.125. The number of halogens is 1. The number of nitrogens with one attached hydrogen (secondary N) is 3. The Morgan fingerprint density at radius 1 is 0.918 bits per heavy atom. The lowest BCUT2D eigenvalue weighted by Crippen LogP contribution is -2.37. The van der Waals surface area contributed by atoms with Gasteiger partial charge in [-0.1, -0.05) is 0 Å². The molecule has 2 aliphatic rings. The van der Waals surface area contributed by atoms with Crippen LogP contribution in [0, 0.1) is 5.82 Å². The molecule has 0 aliphatic carbocycles. The third-order valence-electron chi connectivity index (χ3n) is 8.03. The van der Waals surface area contributed by atoms with Gasteiger partial charge in [0.25, 0.3) is 11.8 Å². The van der Waals surface area contributed by atoms with E-state index < -0.39 is 35.0 Å². The predicted octanol–water partition coefficient (Wildman–Crippen LogP) is 2.74. The number of nitrogens with zero attached hydrogens (tertiary/aromatic N) is 2. The number of hydrogen-bond acceptors (Lipinski definition) is 11. The van der Waals surface area contributed by atoms with Crippen LogP contribution in [0.15, 0.2) is 35.3 Å². The highest BCUT2D eigenvalue weighted by Gasteiger charge is 2.29. The number of hydrogen-bond donors (Lipinski definition) is 3. The van der Waals surface area contributed by atoms with Gasteiger partial charge in [-0.3, -0.25) is 28.9 Å². The van der Waals surface area contributed by atoms with Crippen LogP contribution in [0.25, 0.3) is 16.6 Å². The summed E-state index contributed by atoms with van der Waals surface area (Å²) in [6.45, 7) is 7.91. The Labute approximate surface area is 281 Å². The third-order valence-corrected chi connectivity index (χ3v) is 8.03. The van der Waals surface area contributed by atoms with Gasteiger partial charge in [0.2, 0.25) is 5.43 Å². The highest BCUT2D eigenvalue weighted by atomic mass is 19.1. The van der Waals surface area contributed by atoms with E-state index in [1.165, 1.54) is 18.3 Å². The molecule has 1 saturated heterocycles. The Morgan fingerprint density at radius 3 is 2.27 bits per heavy atom. The number of fused-ring (bicyclic) bond motifs is 2. The van der Waals surface area contributed by atoms with Gasteiger partial charge in [-0.05, 0) is 51.1 Å². The van der Waals surface area contributed by atoms with Gasteiger partial charge < -0.3 is 39.5 Å². The summed E-state index contributed by atoms with van der Waals surface area (Å²) in [4.78, 5) is 65.5. The van der Waals surface area contributed by atoms with Gasteiger partial charge in [0.15, 0.2) is 17.3 Å². The summed E-state index contributed by atoms with van der Waals surface area (Å²) in [6.07, 6.45) is 1.94. The van der Waals surface area contributed by atoms with Crippen LogP contribution in [0.3, 0.4) is 0 Å². The summed E-state index contributed by atoms with van der Waals surface area (Å²) >= 11 is 0. The molecule has 262 valence electrons. The molecular weight excluding hydrogens is 641 g/mol. The van der Waals surface area contributed by atoms with E-state index >= 15 is 4.39 Å². The minimum atomic E-state index is -0.756. The van der Waals surface area contributed by atoms with Crippen molar-refractivity contribution in [1.82, 2.24) is 20.1 Å². The molecule has 0 atom stereocenters. The molecule has 0 saturated carbocycles. The summed E-state index contributed by atoms with van der Waals surface area (Å²) < 4.78 is 38.9. The Kier molecular flexibility index (Phi) is 11.8. The fraction of sp³-hybridized carbons (Fsp3) is 0.441. The summed E-state index contributed by atoms with van der Waals surface area (Å²) in [7, 11) is 0. The number of rotatable bonds is 15. The van der Waals surface area contributed by atoms with Gasteiger partial charge in [-0.2, -0.15) is 0 Å². The second kappa shape index (κ2) is 16.4. The van der Waals surface area contributed by atoms with Crippen LogP contribution in [0.2, 0.25) is 0 Å². The van der Waals surface area contributed by atoms with Crippen molar-refractivity contribution < 1.29 is 42.5 Å². The first-order valence-corrected chi connectivity index (χ1v) is 16.4. The van der Waals surface area contributed by atoms with Crippen LogP contribution in [0.4, 0.5) is 10.1 Å². The van der Waals surface area contributed by atoms with Crippen molar-refractivity contribution in [1.29, 1.82) is 0 Å². The van der Waals surface area contributed by atoms with Gasteiger partial charge in [0.1, 0.15) is 16.8 Å². The molecule has 15 heteroatoms. The van der Waals surface area contributed by atoms with E-state index in [4.69, 9.17) is 18.9 Å². The van der Waals surface area contributed by atoms with Crippen LogP contribution >= 0.6 is 0 Å². The van der Waals surface area contributed by atoms with Crippen molar-refractivity contribution in [3.05, 3.63) is 57.6 Å². The van der Waals surface area contributed by atoms with Crippen LogP contribution in [0.5, 0.6) is 11.5 Å². The molecule has 0 radical (unpaired) electrons. The van der Waals surface area contributed by atoms with Gasteiger partial charge in [-0.25, -0.2) is 4.39 Å². The lowest BCUT2D eigenvalue weighted by Gasteiger charge is -2.27. The number of morpholine rings is 1. The molecule has 3 aromatic rings. The fourth-order valence-corrected chi connectivity index (χ4v) is 5.65. The molecule has 2 amide bonds. The molecule has 1 aromatic heterocycles. The number of ether oxygens (including phenoxy) is 4. The third kappa shape index (κ3) is 8.35. The second-order valence-corrected chi connectivity index (χ2v) is 11.3. The largest absolute Gasteiger partial charge is 0.466 e. The standard InChI is InChI=1S/C34H40FN5O9/c1-3-47-27(41)8-11-37-33(44)21-6-7-25-26(18-21)49-32-29(36-10-5-13-39-14-16-46-17-15-39)24(35)19-22-30(32)40(25)20-23(31(22)43)34(45)38-12-9-28(42)48-4-2/h6-7,18-20,36H,3-5,8-17H2,1-2H3,(H,37,44)(H,38,45). The number of esters is 2. The average Bonchev–Trinajstić information content (AvgIpc) is 3.09. The van der Waals surface area contributed by atoms with E-state index in [0.29, 0.717) is 31.9 Å². The van der Waals surface area contributed by atoms with Crippen molar-refractivity contribution in [3.63, 3.8) is 0 Å². The number of aromatic nitrogens is 1. The molecule has 0 unspecified atom stereocenters. The SMILES string of the molecule is CCOC(=O)CCNC(=O)c1ccc2c(c1)Oc1c(NCCCN3CCOCC3)c(F)cc3c(=O)c(C(=O)NCCC(=O)OCC)cn-2c13. The summed E-state index contributed by atoms with van der Waals surface area (Å²) in [5.41, 5.74) is -0.124. The normalized spacial score (nSPS) is 13.6. The molecule has 1 fully saturated rings. The molecule has 3 N–H and O–H groups in total. The minimum absolute atomic E-state index is 0.00571. The van der Waals surface area contributed by atoms with Crippen LogP contribution in [-0.2, 0) is 23.8 Å². The van der Waals surface area contributed by atoms with Crippen LogP contribution < -0.4 is 26.1 Å². The first kappa shape index (κ1) is 35.3. The molecule has 14 nitrogen and oxygen atoms in total. The summed E-state index contributed by atoms with van der Waals surface area (Å²) in [5, 5.41) is 8.27. The first-order chi connectivity index (χ1) is 23.7. The molecule has 2 aliphatic heterocycles. The summed E-state index contributed by atoms with van der Waals surface area (Å²) in [6, 6.07) is 5.67. The van der Waals surface area contributed by atoms with E-state index in [2.05, 4.69) is 20.9 Å². The monoisotopic (exact) mass is 681 g/mol. The maximum atomic E-state index is 15.9. The van der Waals surface area contributed by atoms with Crippen molar-refractivity contribution in [2.75, 3.05) is 71.0 Å². The lowest BCUT2D eigenvalue weighted by molar-refractivity contribution is -0.143. The number of amides is 2. The highest BCUT2D eigenvalue weighted by Crippen LogP contribution is 2.45. The Bertz CT molecular complexity index is 1790. The number of carbonyl (C=O) groups is 4. The van der Waals surface area contributed by atoms with E-state index in [0.717, 1.165) is 25.7 Å². The van der Waals surface area contributed by atoms with Gasteiger partial charge in [0.05, 0.1) is 50.3 Å². The minimum Gasteiger partial charge on any atom is -0.466 e. The maximum absolute atomic E-state index is 15.9. The van der Waals surface area contributed by atoms with Crippen molar-refractivity contribution in [3.8, 4) is 17.2 Å². The topological polar surface area (TPSA) is 167 Å². The first-order valence-electron chi connectivity index (χ1n) is 16.4. The molecule has 0 bridgehead atoms. The molecule has 2 aromatic carbocycles. The van der Waals surface area contributed by atoms with Crippen molar-refractivity contribution >= 4 is 40.3 Å². The van der Waals surface area contributed by atoms with Crippen molar-refractivity contribution in [2.24, 2.45) is 0 Å². The van der Waals surface area contributed by atoms with Gasteiger partial charge in [-0.15, -0.1) is 0 Å². The van der Waals surface area contributed by atoms with Crippen molar-refractivity contribution in [2.45, 2.75) is 33.1 Å². The van der Waals surface area contributed by atoms with E-state index in [-0.39, 0.29) is 78.4 Å². The number of pyridine rings is 1. The van der Waals surface area contributed by atoms with E-state index in [1.807, 2.05) is 0 Å². The Hall–Kier alpha value is -5.02. The Balaban J connectivity index is 1.47. The zero-order valence-corrected chi connectivity index (χ0v) is 27.5. The molecule has 5 rings (SSSR count). The van der Waals surface area contributed by atoms with E-state index in [1.54, 1.807) is 24.5 Å². The molecule has 3 heterocycles. The molecule has 0 spiro atoms. The van der Waals surface area contributed by atoms with E-state index in [9.17, 15) is 24.0 Å². The number of anilines is 1. The maximum Gasteiger partial charge on any atom is 0.307 e. The van der Waals surface area contributed by atoms with Crippen LogP contribution in [-0.4, -0.2) is 98.9 Å². The lowest BCUT2D eigenvalue weighted by atomic mass is 10.0. The second-order valence-electron chi connectivity index (χ2n) is 11.3. The average molecular weight is 682 g/mol. The highest BCUT2D eigenvalue weighted by molar-refractivity contribution is 6.02. The zero-order chi connectivity index (χ0) is 34.9. The van der Waals surface area contributed by atoms with Gasteiger partial charge >= 0.3 is 11.9 Å². The smallest absolute Gasteiger partial charge is 0.307 e. The summed E-state index contributed by atoms with van der Waals surface area (Å²) in [5.74, 6) is -2.73. The zero-order valence-electron chi connectivity index (χ0n) is 27.5. The number of benzene rings is 2. The fourth-order valence-electron chi connectivity index (χ4n) is 5.65. The number of carbonyl (C=O) groups excluding carboxylic acids is 4. The Morgan fingerprint density at radius 2 is 1.59 bits per heavy atom.